The standard InChI is InChI=1S/C26H35N3O4S/c1-3-17-28(34(32,33)24-13-9-6-10-14-24)21-26(31)29(20-22-11-7-5-8-12-22)23-15-18-27(19-16-23)25(30)4-2/h5-14,23H,3-4,15-21H2,1-2H3. The van der Waals surface area contributed by atoms with Crippen molar-refractivity contribution >= 4 is 21.8 Å². The quantitative estimate of drug-likeness (QED) is 0.516. The van der Waals surface area contributed by atoms with Crippen molar-refractivity contribution in [2.45, 2.75) is 57.0 Å². The molecule has 0 unspecified atom stereocenters. The number of hydrogen-bond acceptors (Lipinski definition) is 4. The van der Waals surface area contributed by atoms with Crippen LogP contribution in [0.15, 0.2) is 65.6 Å². The molecular formula is C26H35N3O4S. The van der Waals surface area contributed by atoms with E-state index in [0.717, 1.165) is 5.56 Å². The minimum Gasteiger partial charge on any atom is -0.343 e. The molecule has 0 radical (unpaired) electrons. The molecular weight excluding hydrogens is 450 g/mol. The molecule has 0 aliphatic carbocycles. The molecule has 1 saturated heterocycles. The summed E-state index contributed by atoms with van der Waals surface area (Å²) in [6, 6.07) is 18.0. The van der Waals surface area contributed by atoms with Crippen molar-refractivity contribution in [2.24, 2.45) is 0 Å². The fourth-order valence-electron chi connectivity index (χ4n) is 4.37. The Morgan fingerprint density at radius 2 is 1.53 bits per heavy atom. The first-order valence-corrected chi connectivity index (χ1v) is 13.5. The molecule has 184 valence electrons. The fraction of sp³-hybridized carbons (Fsp3) is 0.462. The molecule has 1 aliphatic rings. The van der Waals surface area contributed by atoms with Crippen molar-refractivity contribution in [1.82, 2.24) is 14.1 Å². The fourth-order valence-corrected chi connectivity index (χ4v) is 5.87. The second-order valence-electron chi connectivity index (χ2n) is 8.62. The Balaban J connectivity index is 1.81. The van der Waals surface area contributed by atoms with Crippen molar-refractivity contribution < 1.29 is 18.0 Å². The van der Waals surface area contributed by atoms with Crippen LogP contribution in [0.4, 0.5) is 0 Å². The first-order chi connectivity index (χ1) is 16.4. The lowest BCUT2D eigenvalue weighted by Crippen LogP contribution is -2.51. The van der Waals surface area contributed by atoms with Crippen LogP contribution in [0.25, 0.3) is 0 Å². The maximum absolute atomic E-state index is 13.6. The van der Waals surface area contributed by atoms with Crippen LogP contribution in [0.1, 0.15) is 45.1 Å². The van der Waals surface area contributed by atoms with Crippen LogP contribution in [0.3, 0.4) is 0 Å². The molecule has 34 heavy (non-hydrogen) atoms. The summed E-state index contributed by atoms with van der Waals surface area (Å²) in [6.45, 7) is 5.46. The molecule has 2 aromatic rings. The zero-order valence-corrected chi connectivity index (χ0v) is 20.9. The van der Waals surface area contributed by atoms with E-state index in [4.69, 9.17) is 0 Å². The summed E-state index contributed by atoms with van der Waals surface area (Å²) in [5.41, 5.74) is 0.996. The molecule has 1 aliphatic heterocycles. The Labute approximate surface area is 203 Å². The van der Waals surface area contributed by atoms with Crippen molar-refractivity contribution in [2.75, 3.05) is 26.2 Å². The molecule has 0 spiro atoms. The van der Waals surface area contributed by atoms with Gasteiger partial charge >= 0.3 is 0 Å². The van der Waals surface area contributed by atoms with Gasteiger partial charge in [0, 0.05) is 38.6 Å². The predicted molar refractivity (Wildman–Crippen MR) is 132 cm³/mol. The normalized spacial score (nSPS) is 14.9. The highest BCUT2D eigenvalue weighted by atomic mass is 32.2. The van der Waals surface area contributed by atoms with Gasteiger partial charge < -0.3 is 9.80 Å². The van der Waals surface area contributed by atoms with Crippen LogP contribution in [-0.4, -0.2) is 66.6 Å². The summed E-state index contributed by atoms with van der Waals surface area (Å²) >= 11 is 0. The lowest BCUT2D eigenvalue weighted by atomic mass is 10.0. The summed E-state index contributed by atoms with van der Waals surface area (Å²) in [7, 11) is -3.79. The Bertz CT molecular complexity index is 1040. The lowest BCUT2D eigenvalue weighted by Gasteiger charge is -2.39. The summed E-state index contributed by atoms with van der Waals surface area (Å²) < 4.78 is 27.8. The highest BCUT2D eigenvalue weighted by Gasteiger charge is 2.33. The van der Waals surface area contributed by atoms with Gasteiger partial charge in [0.25, 0.3) is 0 Å². The lowest BCUT2D eigenvalue weighted by molar-refractivity contribution is -0.137. The van der Waals surface area contributed by atoms with Gasteiger partial charge in [0.1, 0.15) is 0 Å². The summed E-state index contributed by atoms with van der Waals surface area (Å²) in [6.07, 6.45) is 2.45. The van der Waals surface area contributed by atoms with E-state index < -0.39 is 10.0 Å². The number of piperidine rings is 1. The van der Waals surface area contributed by atoms with Crippen LogP contribution >= 0.6 is 0 Å². The van der Waals surface area contributed by atoms with Gasteiger partial charge in [-0.1, -0.05) is 62.4 Å². The number of nitrogens with zero attached hydrogens (tertiary/aromatic N) is 3. The average molecular weight is 486 g/mol. The topological polar surface area (TPSA) is 78.0 Å². The van der Waals surface area contributed by atoms with E-state index in [2.05, 4.69) is 0 Å². The minimum absolute atomic E-state index is 0.0449. The van der Waals surface area contributed by atoms with Gasteiger partial charge in [-0.05, 0) is 37.0 Å². The van der Waals surface area contributed by atoms with Gasteiger partial charge in [-0.2, -0.15) is 4.31 Å². The smallest absolute Gasteiger partial charge is 0.243 e. The number of likely N-dealkylation sites (tertiary alicyclic amines) is 1. The summed E-state index contributed by atoms with van der Waals surface area (Å²) in [5.74, 6) is -0.0838. The number of sulfonamides is 1. The maximum Gasteiger partial charge on any atom is 0.243 e. The Kier molecular flexibility index (Phi) is 9.24. The third-order valence-electron chi connectivity index (χ3n) is 6.24. The second-order valence-corrected chi connectivity index (χ2v) is 10.6. The molecule has 1 fully saturated rings. The first-order valence-electron chi connectivity index (χ1n) is 12.0. The predicted octanol–water partition coefficient (Wildman–Crippen LogP) is 3.52. The zero-order valence-electron chi connectivity index (χ0n) is 20.1. The Hall–Kier alpha value is -2.71. The second kappa shape index (κ2) is 12.1. The van der Waals surface area contributed by atoms with E-state index in [9.17, 15) is 18.0 Å². The van der Waals surface area contributed by atoms with Gasteiger partial charge in [-0.15, -0.1) is 0 Å². The highest BCUT2D eigenvalue weighted by molar-refractivity contribution is 7.89. The summed E-state index contributed by atoms with van der Waals surface area (Å²) in [4.78, 5) is 29.6. The molecule has 0 N–H and O–H groups in total. The van der Waals surface area contributed by atoms with E-state index in [1.165, 1.54) is 4.31 Å². The van der Waals surface area contributed by atoms with Crippen LogP contribution in [0.2, 0.25) is 0 Å². The Morgan fingerprint density at radius 3 is 2.09 bits per heavy atom. The molecule has 0 aromatic heterocycles. The highest BCUT2D eigenvalue weighted by Crippen LogP contribution is 2.22. The number of amides is 2. The van der Waals surface area contributed by atoms with Gasteiger partial charge in [0.15, 0.2) is 0 Å². The van der Waals surface area contributed by atoms with Crippen molar-refractivity contribution in [1.29, 1.82) is 0 Å². The molecule has 7 nitrogen and oxygen atoms in total. The van der Waals surface area contributed by atoms with Gasteiger partial charge in [0.2, 0.25) is 21.8 Å². The van der Waals surface area contributed by atoms with E-state index in [1.54, 1.807) is 30.3 Å². The van der Waals surface area contributed by atoms with E-state index in [0.29, 0.717) is 45.3 Å². The summed E-state index contributed by atoms with van der Waals surface area (Å²) in [5, 5.41) is 0. The van der Waals surface area contributed by atoms with Gasteiger partial charge in [-0.25, -0.2) is 8.42 Å². The van der Waals surface area contributed by atoms with Crippen molar-refractivity contribution in [3.05, 3.63) is 66.2 Å². The average Bonchev–Trinajstić information content (AvgIpc) is 2.87. The van der Waals surface area contributed by atoms with E-state index in [-0.39, 0.29) is 35.8 Å². The number of hydrogen-bond donors (Lipinski definition) is 0. The zero-order chi connectivity index (χ0) is 24.6. The number of benzene rings is 2. The van der Waals surface area contributed by atoms with Crippen molar-refractivity contribution in [3.8, 4) is 0 Å². The molecule has 2 amide bonds. The molecule has 0 bridgehead atoms. The van der Waals surface area contributed by atoms with Crippen LogP contribution in [0.5, 0.6) is 0 Å². The van der Waals surface area contributed by atoms with Crippen LogP contribution < -0.4 is 0 Å². The molecule has 8 heteroatoms. The maximum atomic E-state index is 13.6. The van der Waals surface area contributed by atoms with Crippen LogP contribution in [-0.2, 0) is 26.2 Å². The SMILES string of the molecule is CCCN(CC(=O)N(Cc1ccccc1)C1CCN(C(=O)CC)CC1)S(=O)(=O)c1ccccc1. The van der Waals surface area contributed by atoms with Gasteiger partial charge in [0.05, 0.1) is 11.4 Å². The third kappa shape index (κ3) is 6.45. The largest absolute Gasteiger partial charge is 0.343 e. The number of carbonyl (C=O) groups is 2. The number of carbonyl (C=O) groups excluding carboxylic acids is 2. The molecule has 0 atom stereocenters. The first kappa shape index (κ1) is 25.9. The van der Waals surface area contributed by atoms with Gasteiger partial charge in [-0.3, -0.25) is 9.59 Å². The number of rotatable bonds is 10. The molecule has 3 rings (SSSR count). The Morgan fingerprint density at radius 1 is 0.941 bits per heavy atom. The minimum atomic E-state index is -3.79. The monoisotopic (exact) mass is 485 g/mol. The third-order valence-corrected chi connectivity index (χ3v) is 8.10. The molecule has 2 aromatic carbocycles. The van der Waals surface area contributed by atoms with E-state index in [1.807, 2.05) is 54.0 Å². The molecule has 1 heterocycles. The van der Waals surface area contributed by atoms with E-state index >= 15 is 0 Å². The van der Waals surface area contributed by atoms with Crippen LogP contribution in [0, 0.1) is 0 Å². The van der Waals surface area contributed by atoms with Crippen molar-refractivity contribution in [3.63, 3.8) is 0 Å². The molecule has 0 saturated carbocycles.